The average molecular weight is 235 g/mol. The van der Waals surface area contributed by atoms with Gasteiger partial charge < -0.3 is 20.1 Å². The van der Waals surface area contributed by atoms with Gasteiger partial charge in [-0.15, -0.1) is 0 Å². The van der Waals surface area contributed by atoms with E-state index in [0.29, 0.717) is 0 Å². The normalized spacial score (nSPS) is 10.9. The van der Waals surface area contributed by atoms with Crippen molar-refractivity contribution in [3.63, 3.8) is 0 Å². The molecule has 0 aliphatic rings. The number of H-pyrrole nitrogens is 1. The van der Waals surface area contributed by atoms with Crippen LogP contribution in [0, 0.1) is 0 Å². The van der Waals surface area contributed by atoms with Crippen LogP contribution in [0.4, 0.5) is 0 Å². The van der Waals surface area contributed by atoms with Crippen LogP contribution in [0.3, 0.4) is 0 Å². The van der Waals surface area contributed by atoms with E-state index >= 15 is 0 Å². The van der Waals surface area contributed by atoms with Gasteiger partial charge in [0.25, 0.3) is 0 Å². The Morgan fingerprint density at radius 1 is 1.35 bits per heavy atom. The summed E-state index contributed by atoms with van der Waals surface area (Å²) in [6.45, 7) is 2.00. The van der Waals surface area contributed by atoms with E-state index in [1.807, 2.05) is 12.1 Å². The maximum Gasteiger partial charge on any atom is 0.119 e. The van der Waals surface area contributed by atoms with Crippen molar-refractivity contribution in [3.05, 3.63) is 30.0 Å². The first-order chi connectivity index (χ1) is 8.35. The minimum atomic E-state index is 0.238. The lowest BCUT2D eigenvalue weighted by molar-refractivity contribution is -0.655. The van der Waals surface area contributed by atoms with Crippen LogP contribution in [0.5, 0.6) is 5.75 Å². The molecule has 1 aromatic carbocycles. The molecule has 1 heterocycles. The largest absolute Gasteiger partial charge is 0.497 e. The Kier molecular flexibility index (Phi) is 4.01. The highest BCUT2D eigenvalue weighted by Crippen LogP contribution is 2.23. The number of methoxy groups -OCH3 is 1. The second-order valence-electron chi connectivity index (χ2n) is 4.07. The third-order valence-corrected chi connectivity index (χ3v) is 2.93. The zero-order chi connectivity index (χ0) is 12.1. The van der Waals surface area contributed by atoms with Gasteiger partial charge in [-0.2, -0.15) is 0 Å². The first kappa shape index (κ1) is 12.0. The molecule has 2 aromatic rings. The van der Waals surface area contributed by atoms with Crippen molar-refractivity contribution < 1.29 is 15.2 Å². The molecule has 0 saturated carbocycles. The maximum absolute atomic E-state index is 8.71. The number of hydrogen-bond acceptors (Lipinski definition) is 2. The van der Waals surface area contributed by atoms with E-state index in [-0.39, 0.29) is 6.61 Å². The van der Waals surface area contributed by atoms with Crippen molar-refractivity contribution in [1.82, 2.24) is 4.98 Å². The molecule has 0 aliphatic heterocycles. The number of nitrogens with one attached hydrogen (secondary N) is 1. The van der Waals surface area contributed by atoms with E-state index in [1.165, 1.54) is 10.9 Å². The molecule has 0 radical (unpaired) electrons. The lowest BCUT2D eigenvalue weighted by Gasteiger charge is -2.02. The number of quaternary nitrogens is 1. The number of hydrogen-bond donors (Lipinski definition) is 3. The van der Waals surface area contributed by atoms with Crippen molar-refractivity contribution >= 4 is 10.9 Å². The lowest BCUT2D eigenvalue weighted by Crippen LogP contribution is -2.85. The Hall–Kier alpha value is -1.52. The van der Waals surface area contributed by atoms with Crippen molar-refractivity contribution in [3.8, 4) is 5.75 Å². The summed E-state index contributed by atoms with van der Waals surface area (Å²) in [7, 11) is 1.68. The summed E-state index contributed by atoms with van der Waals surface area (Å²) in [6.07, 6.45) is 3.05. The Balaban J connectivity index is 2.11. The molecule has 92 valence electrons. The Bertz CT molecular complexity index is 479. The quantitative estimate of drug-likeness (QED) is 0.630. The van der Waals surface area contributed by atoms with Crippen molar-refractivity contribution in [1.29, 1.82) is 0 Å². The van der Waals surface area contributed by atoms with Crippen LogP contribution in [0.1, 0.15) is 5.56 Å². The predicted octanol–water partition coefficient (Wildman–Crippen LogP) is 0.275. The number of aliphatic hydroxyl groups is 1. The average Bonchev–Trinajstić information content (AvgIpc) is 2.77. The third-order valence-electron chi connectivity index (χ3n) is 2.93. The summed E-state index contributed by atoms with van der Waals surface area (Å²) in [4.78, 5) is 3.26. The third kappa shape index (κ3) is 2.78. The van der Waals surface area contributed by atoms with Gasteiger partial charge in [-0.1, -0.05) is 0 Å². The molecule has 4 nitrogen and oxygen atoms in total. The second-order valence-corrected chi connectivity index (χ2v) is 4.07. The molecule has 2 rings (SSSR count). The van der Waals surface area contributed by atoms with Crippen molar-refractivity contribution in [2.45, 2.75) is 6.42 Å². The zero-order valence-electron chi connectivity index (χ0n) is 10.1. The number of aromatic nitrogens is 1. The SMILES string of the molecule is COc1ccc2[nH]cc(CC[NH2+]CCO)c2c1. The van der Waals surface area contributed by atoms with E-state index in [0.717, 1.165) is 30.8 Å². The van der Waals surface area contributed by atoms with E-state index in [4.69, 9.17) is 9.84 Å². The van der Waals surface area contributed by atoms with Gasteiger partial charge in [0.05, 0.1) is 26.8 Å². The highest BCUT2D eigenvalue weighted by Gasteiger charge is 2.05. The summed E-state index contributed by atoms with van der Waals surface area (Å²) in [6, 6.07) is 6.06. The number of aliphatic hydroxyl groups excluding tert-OH is 1. The number of rotatable bonds is 6. The lowest BCUT2D eigenvalue weighted by atomic mass is 10.1. The Morgan fingerprint density at radius 3 is 3.00 bits per heavy atom. The molecule has 0 amide bonds. The molecule has 17 heavy (non-hydrogen) atoms. The smallest absolute Gasteiger partial charge is 0.119 e. The standard InChI is InChI=1S/C13H18N2O2/c1-17-11-2-3-13-12(8-11)10(9-15-13)4-5-14-6-7-16/h2-3,8-9,14-16H,4-7H2,1H3/p+1. The summed E-state index contributed by atoms with van der Waals surface area (Å²) >= 11 is 0. The van der Waals surface area contributed by atoms with Crippen molar-refractivity contribution in [2.75, 3.05) is 26.8 Å². The first-order valence-corrected chi connectivity index (χ1v) is 5.91. The van der Waals surface area contributed by atoms with Gasteiger partial charge >= 0.3 is 0 Å². The van der Waals surface area contributed by atoms with Crippen LogP contribution in [0.15, 0.2) is 24.4 Å². The fraction of sp³-hybridized carbons (Fsp3) is 0.385. The molecule has 0 fully saturated rings. The first-order valence-electron chi connectivity index (χ1n) is 5.91. The molecular weight excluding hydrogens is 216 g/mol. The number of benzene rings is 1. The molecule has 0 unspecified atom stereocenters. The molecule has 4 heteroatoms. The van der Waals surface area contributed by atoms with Crippen LogP contribution in [0.25, 0.3) is 10.9 Å². The molecule has 0 aliphatic carbocycles. The fourth-order valence-corrected chi connectivity index (χ4v) is 1.98. The van der Waals surface area contributed by atoms with Gasteiger partial charge in [0.15, 0.2) is 0 Å². The van der Waals surface area contributed by atoms with Crippen LogP contribution in [-0.4, -0.2) is 36.9 Å². The Labute approximate surface area is 101 Å². The van der Waals surface area contributed by atoms with Crippen LogP contribution < -0.4 is 10.1 Å². The van der Waals surface area contributed by atoms with E-state index < -0.39 is 0 Å². The predicted molar refractivity (Wildman–Crippen MR) is 67.3 cm³/mol. The van der Waals surface area contributed by atoms with Gasteiger partial charge in [-0.3, -0.25) is 0 Å². The van der Waals surface area contributed by atoms with Gasteiger partial charge in [0, 0.05) is 23.5 Å². The number of ether oxygens (including phenoxy) is 1. The van der Waals surface area contributed by atoms with Gasteiger partial charge in [-0.05, 0) is 23.8 Å². The number of nitrogens with two attached hydrogens (primary N) is 1. The van der Waals surface area contributed by atoms with Crippen LogP contribution in [0.2, 0.25) is 0 Å². The molecular formula is C13H19N2O2+. The summed E-state index contributed by atoms with van der Waals surface area (Å²) < 4.78 is 5.23. The van der Waals surface area contributed by atoms with Gasteiger partial charge in [0.2, 0.25) is 0 Å². The molecule has 0 atom stereocenters. The molecule has 1 aromatic heterocycles. The molecule has 0 bridgehead atoms. The van der Waals surface area contributed by atoms with Gasteiger partial charge in [0.1, 0.15) is 5.75 Å². The molecule has 4 N–H and O–H groups in total. The highest BCUT2D eigenvalue weighted by atomic mass is 16.5. The Morgan fingerprint density at radius 2 is 2.24 bits per heavy atom. The monoisotopic (exact) mass is 235 g/mol. The summed E-state index contributed by atoms with van der Waals surface area (Å²) in [5, 5.41) is 12.1. The highest BCUT2D eigenvalue weighted by molar-refractivity contribution is 5.84. The minimum Gasteiger partial charge on any atom is -0.497 e. The van der Waals surface area contributed by atoms with E-state index in [1.54, 1.807) is 7.11 Å². The maximum atomic E-state index is 8.71. The molecule has 0 saturated heterocycles. The molecule has 0 spiro atoms. The van der Waals surface area contributed by atoms with Crippen LogP contribution in [-0.2, 0) is 6.42 Å². The van der Waals surface area contributed by atoms with E-state index in [9.17, 15) is 0 Å². The van der Waals surface area contributed by atoms with Crippen molar-refractivity contribution in [2.24, 2.45) is 0 Å². The van der Waals surface area contributed by atoms with Crippen LogP contribution >= 0.6 is 0 Å². The zero-order valence-corrected chi connectivity index (χ0v) is 10.1. The summed E-state index contributed by atoms with van der Waals surface area (Å²) in [5.41, 5.74) is 2.44. The number of aromatic amines is 1. The minimum absolute atomic E-state index is 0.238. The summed E-state index contributed by atoms with van der Waals surface area (Å²) in [5.74, 6) is 0.887. The topological polar surface area (TPSA) is 61.9 Å². The van der Waals surface area contributed by atoms with Gasteiger partial charge in [-0.25, -0.2) is 0 Å². The fourth-order valence-electron chi connectivity index (χ4n) is 1.98. The number of fused-ring (bicyclic) bond motifs is 1. The van der Waals surface area contributed by atoms with E-state index in [2.05, 4.69) is 22.6 Å². The second kappa shape index (κ2) is 5.70.